The molecule has 7 atom stereocenters. The number of fused-ring (bicyclic) bond motifs is 3. The summed E-state index contributed by atoms with van der Waals surface area (Å²) in [6.45, 7) is 11.5. The quantitative estimate of drug-likeness (QED) is 0.326. The van der Waals surface area contributed by atoms with Crippen molar-refractivity contribution in [1.29, 1.82) is 0 Å². The Kier molecular flexibility index (Phi) is 12.1. The molecular formula is C42H58N6O10S. The van der Waals surface area contributed by atoms with Crippen molar-refractivity contribution in [3.63, 3.8) is 0 Å². The number of hydrogen-bond donors (Lipinski definition) is 3. The fourth-order valence-corrected chi connectivity index (χ4v) is 9.82. The van der Waals surface area contributed by atoms with E-state index in [2.05, 4.69) is 27.2 Å². The number of methoxy groups -OCH3 is 1. The summed E-state index contributed by atoms with van der Waals surface area (Å²) < 4.78 is 51.6. The largest absolute Gasteiger partial charge is 0.497 e. The zero-order valence-corrected chi connectivity index (χ0v) is 35.6. The molecule has 59 heavy (non-hydrogen) atoms. The summed E-state index contributed by atoms with van der Waals surface area (Å²) in [5.41, 5.74) is -2.36. The van der Waals surface area contributed by atoms with Crippen LogP contribution in [0.3, 0.4) is 0 Å². The molecule has 322 valence electrons. The standard InChI is InChI=1S/C42H58N6O10S/c1-25-9-7-8-10-28-23-42(28,39(51)46-59(53,54)31-12-13-31)45-36(49)33-22-30(24-48(33)38(50)35(26(2)19-25)44-40(52)58-41(3,4)5)57-37-32-14-11-29(55-6)20-27(32)21-34(43-37)47-15-17-56-18-16-47/h8,10-11,14,20-21,25-26,28,30-31,33,35H,7,9,12-13,15-19,22-24H2,1-6H3,(H,44,52)(H,45,49)(H,46,51)/b10-8-/t25-,26-,28-,30-,33+,35+,42-/m1/s1. The smallest absolute Gasteiger partial charge is 0.408 e. The molecular weight excluding hydrogens is 781 g/mol. The summed E-state index contributed by atoms with van der Waals surface area (Å²) in [6, 6.07) is 5.32. The maximum absolute atomic E-state index is 14.9. The molecule has 4 heterocycles. The van der Waals surface area contributed by atoms with Crippen LogP contribution in [0.4, 0.5) is 10.6 Å². The van der Waals surface area contributed by atoms with Gasteiger partial charge in [-0.25, -0.2) is 13.2 Å². The van der Waals surface area contributed by atoms with Gasteiger partial charge in [0.15, 0.2) is 0 Å². The predicted molar refractivity (Wildman–Crippen MR) is 219 cm³/mol. The van der Waals surface area contributed by atoms with Crippen LogP contribution < -0.4 is 29.7 Å². The van der Waals surface area contributed by atoms with E-state index in [4.69, 9.17) is 23.9 Å². The summed E-state index contributed by atoms with van der Waals surface area (Å²) in [5, 5.41) is 6.64. The van der Waals surface area contributed by atoms with Gasteiger partial charge in [0, 0.05) is 30.8 Å². The van der Waals surface area contributed by atoms with Gasteiger partial charge in [-0.15, -0.1) is 0 Å². The van der Waals surface area contributed by atoms with Crippen LogP contribution in [0.1, 0.15) is 79.6 Å². The van der Waals surface area contributed by atoms with Gasteiger partial charge in [0.1, 0.15) is 40.9 Å². The van der Waals surface area contributed by atoms with E-state index in [1.807, 2.05) is 43.3 Å². The molecule has 5 aliphatic rings. The SMILES string of the molecule is COc1ccc2c(O[C@@H]3C[C@H]4C(=O)N[C@]5(C(=O)NS(=O)(=O)C6CC6)C[C@H]5/C=C\CC[C@@H](C)C[C@@H](C)[C@H](NC(=O)OC(C)(C)C)C(=O)N4C3)nc(N3CCOCC3)cc2c1. The highest BCUT2D eigenvalue weighted by Gasteiger charge is 2.62. The molecule has 1 aromatic carbocycles. The third kappa shape index (κ3) is 9.72. The maximum Gasteiger partial charge on any atom is 0.408 e. The number of amides is 4. The highest BCUT2D eigenvalue weighted by atomic mass is 32.2. The summed E-state index contributed by atoms with van der Waals surface area (Å²) >= 11 is 0. The van der Waals surface area contributed by atoms with Gasteiger partial charge in [0.25, 0.3) is 5.91 Å². The second-order valence-corrected chi connectivity index (χ2v) is 19.8. The van der Waals surface area contributed by atoms with Gasteiger partial charge in [0.05, 0.1) is 32.1 Å². The topological polar surface area (TPSA) is 195 Å². The molecule has 1 aromatic heterocycles. The van der Waals surface area contributed by atoms with E-state index in [0.29, 0.717) is 74.8 Å². The molecule has 0 spiro atoms. The first kappa shape index (κ1) is 42.5. The fraction of sp³-hybridized carbons (Fsp3) is 0.643. The van der Waals surface area contributed by atoms with Gasteiger partial charge in [-0.05, 0) is 101 Å². The van der Waals surface area contributed by atoms with E-state index in [-0.39, 0.29) is 31.2 Å². The monoisotopic (exact) mass is 838 g/mol. The lowest BCUT2D eigenvalue weighted by atomic mass is 9.88. The van der Waals surface area contributed by atoms with Crippen molar-refractivity contribution in [1.82, 2.24) is 25.2 Å². The minimum Gasteiger partial charge on any atom is -0.497 e. The highest BCUT2D eigenvalue weighted by molar-refractivity contribution is 7.91. The van der Waals surface area contributed by atoms with E-state index < -0.39 is 74.3 Å². The Morgan fingerprint density at radius 3 is 2.49 bits per heavy atom. The number of benzene rings is 1. The molecule has 17 heteroatoms. The molecule has 7 rings (SSSR count). The third-order valence-electron chi connectivity index (χ3n) is 11.9. The van der Waals surface area contributed by atoms with Crippen LogP contribution in [0.5, 0.6) is 11.6 Å². The number of nitrogens with zero attached hydrogens (tertiary/aromatic N) is 3. The van der Waals surface area contributed by atoms with Crippen LogP contribution in [-0.2, 0) is 33.9 Å². The van der Waals surface area contributed by atoms with E-state index in [9.17, 15) is 27.6 Å². The Morgan fingerprint density at radius 2 is 1.80 bits per heavy atom. The molecule has 4 fully saturated rings. The van der Waals surface area contributed by atoms with E-state index in [1.54, 1.807) is 27.9 Å². The number of pyridine rings is 1. The number of rotatable bonds is 8. The van der Waals surface area contributed by atoms with Crippen LogP contribution in [0.2, 0.25) is 0 Å². The first-order valence-corrected chi connectivity index (χ1v) is 22.3. The number of allylic oxidation sites excluding steroid dienone is 1. The third-order valence-corrected chi connectivity index (χ3v) is 13.7. The minimum atomic E-state index is -3.92. The number of carbonyl (C=O) groups is 4. The van der Waals surface area contributed by atoms with Gasteiger partial charge in [0.2, 0.25) is 27.7 Å². The lowest BCUT2D eigenvalue weighted by Crippen LogP contribution is -2.59. The van der Waals surface area contributed by atoms with Crippen LogP contribution in [0, 0.1) is 17.8 Å². The first-order chi connectivity index (χ1) is 28.0. The number of nitrogens with one attached hydrogen (secondary N) is 3. The summed E-state index contributed by atoms with van der Waals surface area (Å²) in [6.07, 6.45) is 5.53. The number of hydrogen-bond acceptors (Lipinski definition) is 12. The van der Waals surface area contributed by atoms with Crippen molar-refractivity contribution in [3.8, 4) is 11.6 Å². The minimum absolute atomic E-state index is 0.0290. The van der Waals surface area contributed by atoms with Gasteiger partial charge in [-0.1, -0.05) is 26.0 Å². The molecule has 3 N–H and O–H groups in total. The maximum atomic E-state index is 14.9. The molecule has 2 saturated carbocycles. The number of anilines is 1. The number of ether oxygens (including phenoxy) is 4. The second kappa shape index (κ2) is 16.8. The van der Waals surface area contributed by atoms with Crippen molar-refractivity contribution in [2.24, 2.45) is 17.8 Å². The normalized spacial score (nSPS) is 29.9. The van der Waals surface area contributed by atoms with E-state index in [0.717, 1.165) is 11.8 Å². The Balaban J connectivity index is 1.24. The van der Waals surface area contributed by atoms with Crippen molar-refractivity contribution < 1.29 is 46.5 Å². The zero-order chi connectivity index (χ0) is 42.3. The molecule has 3 aliphatic heterocycles. The number of morpholine rings is 1. The van der Waals surface area contributed by atoms with Crippen LogP contribution in [0.15, 0.2) is 36.4 Å². The Morgan fingerprint density at radius 1 is 1.05 bits per heavy atom. The van der Waals surface area contributed by atoms with Crippen molar-refractivity contribution in [3.05, 3.63) is 36.4 Å². The predicted octanol–water partition coefficient (Wildman–Crippen LogP) is 3.82. The lowest BCUT2D eigenvalue weighted by Gasteiger charge is -2.33. The highest BCUT2D eigenvalue weighted by Crippen LogP contribution is 2.46. The van der Waals surface area contributed by atoms with Gasteiger partial charge in [-0.3, -0.25) is 19.1 Å². The van der Waals surface area contributed by atoms with E-state index in [1.165, 1.54) is 4.90 Å². The van der Waals surface area contributed by atoms with Gasteiger partial charge in [-0.2, -0.15) is 4.98 Å². The fourth-order valence-electron chi connectivity index (χ4n) is 8.45. The summed E-state index contributed by atoms with van der Waals surface area (Å²) in [7, 11) is -2.32. The Hall–Kier alpha value is -4.64. The number of sulfonamides is 1. The lowest BCUT2D eigenvalue weighted by molar-refractivity contribution is -0.142. The molecule has 0 unspecified atom stereocenters. The molecule has 2 aliphatic carbocycles. The second-order valence-electron chi connectivity index (χ2n) is 17.8. The number of carbonyl (C=O) groups excluding carboxylic acids is 4. The van der Waals surface area contributed by atoms with E-state index >= 15 is 0 Å². The summed E-state index contributed by atoms with van der Waals surface area (Å²) in [5.74, 6) is -0.936. The van der Waals surface area contributed by atoms with Crippen LogP contribution in [-0.4, -0.2) is 117 Å². The number of alkyl carbamates (subject to hydrolysis) is 1. The molecule has 2 aromatic rings. The molecule has 16 nitrogen and oxygen atoms in total. The van der Waals surface area contributed by atoms with Gasteiger partial charge < -0.3 is 39.4 Å². The Bertz CT molecular complexity index is 2080. The molecule has 0 bridgehead atoms. The van der Waals surface area contributed by atoms with Crippen molar-refractivity contribution >= 4 is 50.4 Å². The molecule has 0 radical (unpaired) electrons. The average molecular weight is 839 g/mol. The van der Waals surface area contributed by atoms with Crippen molar-refractivity contribution in [2.45, 2.75) is 114 Å². The molecule has 2 saturated heterocycles. The number of aromatic nitrogens is 1. The first-order valence-electron chi connectivity index (χ1n) is 20.8. The van der Waals surface area contributed by atoms with Gasteiger partial charge >= 0.3 is 6.09 Å². The van der Waals surface area contributed by atoms with Crippen molar-refractivity contribution in [2.75, 3.05) is 44.9 Å². The van der Waals surface area contributed by atoms with Crippen LogP contribution >= 0.6 is 0 Å². The van der Waals surface area contributed by atoms with Crippen LogP contribution in [0.25, 0.3) is 10.8 Å². The Labute approximate surface area is 346 Å². The average Bonchev–Trinajstić information content (AvgIpc) is 4.11. The zero-order valence-electron chi connectivity index (χ0n) is 34.8. The molecule has 4 amide bonds. The summed E-state index contributed by atoms with van der Waals surface area (Å²) in [4.78, 5) is 65.3.